The lowest BCUT2D eigenvalue weighted by molar-refractivity contribution is -0.175. The molecule has 2 aliphatic heterocycles. The van der Waals surface area contributed by atoms with Crippen molar-refractivity contribution in [3.05, 3.63) is 29.5 Å². The van der Waals surface area contributed by atoms with Gasteiger partial charge >= 0.3 is 0 Å². The number of nitrogens with zero attached hydrogens (tertiary/aromatic N) is 1. The number of thioether (sulfide) groups is 1. The van der Waals surface area contributed by atoms with Crippen molar-refractivity contribution in [2.75, 3.05) is 25.3 Å². The highest BCUT2D eigenvalue weighted by molar-refractivity contribution is 7.99. The Balaban J connectivity index is 1.85. The van der Waals surface area contributed by atoms with E-state index >= 15 is 0 Å². The first-order valence-corrected chi connectivity index (χ1v) is 8.35. The van der Waals surface area contributed by atoms with Gasteiger partial charge in [0.15, 0.2) is 0 Å². The van der Waals surface area contributed by atoms with Crippen LogP contribution in [0.5, 0.6) is 5.75 Å². The molecule has 3 heterocycles. The lowest BCUT2D eigenvalue weighted by Crippen LogP contribution is -2.44. The normalized spacial score (nSPS) is 26.2. The average Bonchev–Trinajstić information content (AvgIpc) is 2.77. The van der Waals surface area contributed by atoms with Crippen LogP contribution >= 0.6 is 11.8 Å². The first kappa shape index (κ1) is 13.5. The van der Waals surface area contributed by atoms with E-state index in [1.807, 2.05) is 6.07 Å². The van der Waals surface area contributed by atoms with Crippen molar-refractivity contribution in [2.45, 2.75) is 18.5 Å². The summed E-state index contributed by atoms with van der Waals surface area (Å²) >= 11 is 1.75. The molecule has 6 heteroatoms. The minimum absolute atomic E-state index is 0.0755. The van der Waals surface area contributed by atoms with E-state index in [-0.39, 0.29) is 12.1 Å². The molecular weight excluding hydrogens is 286 g/mol. The molecule has 1 saturated heterocycles. The molecule has 0 aliphatic carbocycles. The first-order chi connectivity index (χ1) is 10.3. The van der Waals surface area contributed by atoms with Crippen molar-refractivity contribution in [1.82, 2.24) is 10.0 Å². The third-order valence-electron chi connectivity index (χ3n) is 4.35. The van der Waals surface area contributed by atoms with Gasteiger partial charge in [0, 0.05) is 34.9 Å². The molecule has 1 fully saturated rings. The number of nitrogens with two attached hydrogens (primary N) is 1. The molecule has 0 unspecified atom stereocenters. The topological polar surface area (TPSA) is 63.5 Å². The summed E-state index contributed by atoms with van der Waals surface area (Å²) in [5.41, 5.74) is 10.1. The van der Waals surface area contributed by atoms with Crippen molar-refractivity contribution in [3.8, 4) is 5.75 Å². The first-order valence-electron chi connectivity index (χ1n) is 7.19. The van der Waals surface area contributed by atoms with Crippen LogP contribution in [0, 0.1) is 0 Å². The predicted octanol–water partition coefficient (Wildman–Crippen LogP) is 2.04. The van der Waals surface area contributed by atoms with E-state index in [0.29, 0.717) is 5.94 Å². The predicted molar refractivity (Wildman–Crippen MR) is 84.4 cm³/mol. The Bertz CT molecular complexity index is 672. The number of ether oxygens (including phenoxy) is 1. The summed E-state index contributed by atoms with van der Waals surface area (Å²) in [5, 5.41) is 3.30. The zero-order valence-electron chi connectivity index (χ0n) is 12.0. The van der Waals surface area contributed by atoms with Gasteiger partial charge in [-0.3, -0.25) is 4.84 Å². The molecule has 4 rings (SSSR count). The molecule has 112 valence electrons. The third kappa shape index (κ3) is 2.14. The maximum atomic E-state index is 6.39. The molecule has 0 spiro atoms. The van der Waals surface area contributed by atoms with E-state index in [1.165, 1.54) is 16.6 Å². The molecule has 0 radical (unpaired) electrons. The molecule has 2 atom stereocenters. The minimum atomic E-state index is 0.0755. The molecule has 0 bridgehead atoms. The fourth-order valence-corrected chi connectivity index (χ4v) is 4.11. The summed E-state index contributed by atoms with van der Waals surface area (Å²) < 4.78 is 5.35. The molecule has 1 aromatic heterocycles. The second kappa shape index (κ2) is 5.21. The molecule has 0 amide bonds. The highest BCUT2D eigenvalue weighted by Crippen LogP contribution is 2.39. The molecule has 2 aliphatic rings. The van der Waals surface area contributed by atoms with Gasteiger partial charge in [-0.15, -0.1) is 11.8 Å². The van der Waals surface area contributed by atoms with Crippen molar-refractivity contribution in [2.24, 2.45) is 5.73 Å². The van der Waals surface area contributed by atoms with Crippen molar-refractivity contribution in [1.29, 1.82) is 0 Å². The minimum Gasteiger partial charge on any atom is -0.497 e. The zero-order valence-corrected chi connectivity index (χ0v) is 12.8. The van der Waals surface area contributed by atoms with Crippen LogP contribution in [-0.2, 0) is 11.3 Å². The number of hydrogen-bond donors (Lipinski definition) is 2. The second-order valence-electron chi connectivity index (χ2n) is 5.55. The monoisotopic (exact) mass is 305 g/mol. The summed E-state index contributed by atoms with van der Waals surface area (Å²) in [6.07, 6.45) is 0.969. The highest BCUT2D eigenvalue weighted by Gasteiger charge is 2.36. The lowest BCUT2D eigenvalue weighted by Gasteiger charge is -2.35. The lowest BCUT2D eigenvalue weighted by atomic mass is 9.95. The Morgan fingerprint density at radius 3 is 3.24 bits per heavy atom. The summed E-state index contributed by atoms with van der Waals surface area (Å²) in [6.45, 7) is 0.885. The van der Waals surface area contributed by atoms with Gasteiger partial charge in [0.05, 0.1) is 13.2 Å². The van der Waals surface area contributed by atoms with Crippen LogP contribution in [-0.4, -0.2) is 41.4 Å². The van der Waals surface area contributed by atoms with Crippen molar-refractivity contribution in [3.63, 3.8) is 0 Å². The van der Waals surface area contributed by atoms with E-state index < -0.39 is 0 Å². The van der Waals surface area contributed by atoms with E-state index in [2.05, 4.69) is 22.2 Å². The van der Waals surface area contributed by atoms with Crippen molar-refractivity contribution >= 4 is 22.7 Å². The highest BCUT2D eigenvalue weighted by atomic mass is 32.2. The molecule has 2 aromatic rings. The van der Waals surface area contributed by atoms with Crippen molar-refractivity contribution < 1.29 is 9.57 Å². The second-order valence-corrected chi connectivity index (χ2v) is 6.52. The summed E-state index contributed by atoms with van der Waals surface area (Å²) in [4.78, 5) is 9.40. The van der Waals surface area contributed by atoms with E-state index in [1.54, 1.807) is 18.9 Å². The van der Waals surface area contributed by atoms with E-state index in [0.717, 1.165) is 30.0 Å². The number of methoxy groups -OCH3 is 1. The number of benzene rings is 1. The Morgan fingerprint density at radius 2 is 2.38 bits per heavy atom. The number of aromatic amines is 1. The SMILES string of the molecule is COc1ccc2[nH]c3c(c2c1)CCN1OCSC[C@@H](N)[C@H]31. The van der Waals surface area contributed by atoms with Gasteiger partial charge in [0.1, 0.15) is 11.7 Å². The van der Waals surface area contributed by atoms with E-state index in [4.69, 9.17) is 15.3 Å². The fourth-order valence-electron chi connectivity index (χ4n) is 3.35. The summed E-state index contributed by atoms with van der Waals surface area (Å²) in [7, 11) is 1.70. The van der Waals surface area contributed by atoms with Crippen LogP contribution in [0.15, 0.2) is 18.2 Å². The van der Waals surface area contributed by atoms with Gasteiger partial charge in [0.25, 0.3) is 0 Å². The number of hydrogen-bond acceptors (Lipinski definition) is 5. The van der Waals surface area contributed by atoms with Gasteiger partial charge in [-0.25, -0.2) is 0 Å². The van der Waals surface area contributed by atoms with Gasteiger partial charge in [-0.1, -0.05) is 0 Å². The number of hydroxylamine groups is 2. The van der Waals surface area contributed by atoms with Gasteiger partial charge < -0.3 is 15.5 Å². The largest absolute Gasteiger partial charge is 0.497 e. The Hall–Kier alpha value is -1.21. The Labute approximate surface area is 127 Å². The maximum Gasteiger partial charge on any atom is 0.119 e. The third-order valence-corrected chi connectivity index (χ3v) is 5.24. The summed E-state index contributed by atoms with van der Waals surface area (Å²) in [5.74, 6) is 2.50. The Morgan fingerprint density at radius 1 is 1.48 bits per heavy atom. The molecule has 1 aromatic carbocycles. The molecule has 3 N–H and O–H groups in total. The number of nitrogens with one attached hydrogen (secondary N) is 1. The van der Waals surface area contributed by atoms with Crippen LogP contribution in [0.3, 0.4) is 0 Å². The summed E-state index contributed by atoms with van der Waals surface area (Å²) in [6, 6.07) is 6.36. The Kier molecular flexibility index (Phi) is 3.34. The molecule has 0 saturated carbocycles. The van der Waals surface area contributed by atoms with Gasteiger partial charge in [-0.2, -0.15) is 5.06 Å². The molecular formula is C15H19N3O2S. The number of H-pyrrole nitrogens is 1. The number of aromatic nitrogens is 1. The standard InChI is InChI=1S/C15H19N3O2S/c1-19-9-2-3-13-11(6-9)10-4-5-18-15(14(10)17-13)12(16)7-21-8-20-18/h2-3,6,12,15,17H,4-5,7-8,16H2,1H3/t12-,15-/m1/s1. The van der Waals surface area contributed by atoms with Crippen LogP contribution in [0.25, 0.3) is 10.9 Å². The zero-order chi connectivity index (χ0) is 14.4. The van der Waals surface area contributed by atoms with E-state index in [9.17, 15) is 0 Å². The number of fused-ring (bicyclic) bond motifs is 5. The fraction of sp³-hybridized carbons (Fsp3) is 0.467. The van der Waals surface area contributed by atoms with Gasteiger partial charge in [0.2, 0.25) is 0 Å². The van der Waals surface area contributed by atoms with Crippen LogP contribution in [0.2, 0.25) is 0 Å². The molecule has 21 heavy (non-hydrogen) atoms. The average molecular weight is 305 g/mol. The number of rotatable bonds is 1. The smallest absolute Gasteiger partial charge is 0.119 e. The quantitative estimate of drug-likeness (QED) is 0.844. The van der Waals surface area contributed by atoms with Crippen LogP contribution in [0.1, 0.15) is 17.3 Å². The molecule has 5 nitrogen and oxygen atoms in total. The van der Waals surface area contributed by atoms with Gasteiger partial charge in [-0.05, 0) is 30.2 Å². The maximum absolute atomic E-state index is 6.39. The van der Waals surface area contributed by atoms with Crippen LogP contribution < -0.4 is 10.5 Å². The van der Waals surface area contributed by atoms with Crippen LogP contribution in [0.4, 0.5) is 0 Å².